The summed E-state index contributed by atoms with van der Waals surface area (Å²) in [6.45, 7) is 2.36. The van der Waals surface area contributed by atoms with Crippen LogP contribution >= 0.6 is 0 Å². The van der Waals surface area contributed by atoms with Gasteiger partial charge in [-0.2, -0.15) is 0 Å². The van der Waals surface area contributed by atoms with Crippen LogP contribution < -0.4 is 5.32 Å². The first-order valence-corrected chi connectivity index (χ1v) is 15.7. The van der Waals surface area contributed by atoms with E-state index >= 15 is 0 Å². The zero-order valence-electron chi connectivity index (χ0n) is 25.2. The number of aromatic nitrogens is 1. The molecule has 1 unspecified atom stereocenters. The summed E-state index contributed by atoms with van der Waals surface area (Å²) in [5, 5.41) is 10.4. The molecular weight excluding hydrogens is 544 g/mol. The quantitative estimate of drug-likeness (QED) is 0.216. The van der Waals surface area contributed by atoms with Crippen molar-refractivity contribution in [1.82, 2.24) is 4.40 Å². The lowest BCUT2D eigenvalue weighted by molar-refractivity contribution is 0.603. The zero-order valence-corrected chi connectivity index (χ0v) is 25.2. The van der Waals surface area contributed by atoms with Crippen LogP contribution in [0.5, 0.6) is 0 Å². The van der Waals surface area contributed by atoms with Crippen LogP contribution in [-0.2, 0) is 5.41 Å². The first-order chi connectivity index (χ1) is 22.1. The van der Waals surface area contributed by atoms with Crippen molar-refractivity contribution in [1.29, 1.82) is 0 Å². The molecule has 0 spiro atoms. The fraction of sp³-hybridized carbons (Fsp3) is 0.0698. The molecule has 1 aliphatic rings. The number of nitrogens with zero attached hydrogens (tertiary/aromatic N) is 1. The molecule has 8 aromatic rings. The molecule has 2 heterocycles. The highest BCUT2D eigenvalue weighted by atomic mass is 14.9. The third-order valence-electron chi connectivity index (χ3n) is 9.72. The maximum absolute atomic E-state index is 3.94. The lowest BCUT2D eigenvalue weighted by Crippen LogP contribution is -2.21. The molecule has 0 bridgehead atoms. The molecule has 0 radical (unpaired) electrons. The van der Waals surface area contributed by atoms with Crippen LogP contribution in [0.15, 0.2) is 158 Å². The normalized spacial score (nSPS) is 16.6. The average molecular weight is 577 g/mol. The third-order valence-corrected chi connectivity index (χ3v) is 9.72. The Hall–Kier alpha value is -5.60. The third kappa shape index (κ3) is 4.17. The van der Waals surface area contributed by atoms with Crippen molar-refractivity contribution in [2.24, 2.45) is 0 Å². The molecule has 45 heavy (non-hydrogen) atoms. The van der Waals surface area contributed by atoms with Gasteiger partial charge >= 0.3 is 0 Å². The summed E-state index contributed by atoms with van der Waals surface area (Å²) < 4.78 is 2.35. The fourth-order valence-corrected chi connectivity index (χ4v) is 7.38. The van der Waals surface area contributed by atoms with E-state index in [9.17, 15) is 0 Å². The van der Waals surface area contributed by atoms with Crippen molar-refractivity contribution >= 4 is 54.9 Å². The van der Waals surface area contributed by atoms with Gasteiger partial charge in [0.25, 0.3) is 0 Å². The summed E-state index contributed by atoms with van der Waals surface area (Å²) in [5.74, 6) is 0. The molecular formula is C43H32N2. The van der Waals surface area contributed by atoms with Crippen LogP contribution in [0, 0.1) is 0 Å². The Morgan fingerprint density at radius 3 is 2.22 bits per heavy atom. The van der Waals surface area contributed by atoms with E-state index in [1.165, 1.54) is 65.8 Å². The second kappa shape index (κ2) is 9.97. The fourth-order valence-electron chi connectivity index (χ4n) is 7.38. The molecule has 9 rings (SSSR count). The van der Waals surface area contributed by atoms with Crippen LogP contribution in [0.3, 0.4) is 0 Å². The monoisotopic (exact) mass is 576 g/mol. The van der Waals surface area contributed by atoms with Gasteiger partial charge in [-0.3, -0.25) is 0 Å². The Kier molecular flexibility index (Phi) is 5.73. The van der Waals surface area contributed by atoms with Crippen molar-refractivity contribution in [3.05, 3.63) is 169 Å². The van der Waals surface area contributed by atoms with Crippen LogP contribution in [0.2, 0.25) is 0 Å². The molecule has 0 fully saturated rings. The van der Waals surface area contributed by atoms with Crippen molar-refractivity contribution in [2.75, 3.05) is 5.32 Å². The van der Waals surface area contributed by atoms with Gasteiger partial charge in [-0.25, -0.2) is 0 Å². The first kappa shape index (κ1) is 25.9. The SMILES string of the molecule is CC1(c2ccc(-c3ccccc3)cc2Nc2cc3ccn4c5ccc6ccccc6c5c(c2)c34)C=CC(c2ccccc2)=CC1. The largest absolute Gasteiger partial charge is 0.355 e. The number of allylic oxidation sites excluding steroid dienone is 4. The van der Waals surface area contributed by atoms with E-state index in [-0.39, 0.29) is 5.41 Å². The van der Waals surface area contributed by atoms with Gasteiger partial charge in [0, 0.05) is 39.1 Å². The van der Waals surface area contributed by atoms with Crippen molar-refractivity contribution in [3.63, 3.8) is 0 Å². The number of hydrogen-bond donors (Lipinski definition) is 1. The molecule has 1 aliphatic carbocycles. The molecule has 2 heteroatoms. The summed E-state index contributed by atoms with van der Waals surface area (Å²) in [5.41, 5.74) is 10.9. The predicted molar refractivity (Wildman–Crippen MR) is 192 cm³/mol. The van der Waals surface area contributed by atoms with E-state index in [0.29, 0.717) is 0 Å². The van der Waals surface area contributed by atoms with Crippen LogP contribution in [0.4, 0.5) is 11.4 Å². The minimum atomic E-state index is -0.150. The molecule has 0 aliphatic heterocycles. The maximum Gasteiger partial charge on any atom is 0.0609 e. The first-order valence-electron chi connectivity index (χ1n) is 15.7. The Balaban J connectivity index is 1.19. The maximum atomic E-state index is 3.94. The lowest BCUT2D eigenvalue weighted by atomic mass is 9.74. The highest BCUT2D eigenvalue weighted by Gasteiger charge is 2.28. The minimum Gasteiger partial charge on any atom is -0.355 e. The van der Waals surface area contributed by atoms with E-state index < -0.39 is 0 Å². The summed E-state index contributed by atoms with van der Waals surface area (Å²) >= 11 is 0. The van der Waals surface area contributed by atoms with Crippen LogP contribution in [0.25, 0.3) is 54.7 Å². The number of hydrogen-bond acceptors (Lipinski definition) is 1. The minimum absolute atomic E-state index is 0.150. The summed E-state index contributed by atoms with van der Waals surface area (Å²) in [4.78, 5) is 0. The molecule has 214 valence electrons. The van der Waals surface area contributed by atoms with Gasteiger partial charge < -0.3 is 9.72 Å². The van der Waals surface area contributed by atoms with Gasteiger partial charge in [0.2, 0.25) is 0 Å². The van der Waals surface area contributed by atoms with Crippen molar-refractivity contribution in [3.8, 4) is 11.1 Å². The second-order valence-corrected chi connectivity index (χ2v) is 12.6. The number of benzene rings is 6. The van der Waals surface area contributed by atoms with Gasteiger partial charge in [0.15, 0.2) is 0 Å². The number of anilines is 2. The molecule has 0 amide bonds. The van der Waals surface area contributed by atoms with Crippen LogP contribution in [-0.4, -0.2) is 4.40 Å². The second-order valence-electron chi connectivity index (χ2n) is 12.6. The summed E-state index contributed by atoms with van der Waals surface area (Å²) in [6.07, 6.45) is 10.2. The number of rotatable bonds is 5. The standard InChI is InChI=1S/C43H32N2/c1-43(23-20-31(21-24-43)29-10-4-2-5-11-29)38-18-16-33(30-12-6-3-7-13-30)27-39(38)44-35-26-34-22-25-45-40-19-17-32-14-8-9-15-36(32)41(40)37(28-35)42(34)45/h2-23,25-28,44H,24H2,1H3. The summed E-state index contributed by atoms with van der Waals surface area (Å²) in [7, 11) is 0. The highest BCUT2D eigenvalue weighted by Crippen LogP contribution is 2.44. The van der Waals surface area contributed by atoms with Gasteiger partial charge in [0.05, 0.1) is 11.0 Å². The molecule has 2 aromatic heterocycles. The van der Waals surface area contributed by atoms with Crippen molar-refractivity contribution < 1.29 is 0 Å². The number of fused-ring (bicyclic) bond motifs is 5. The van der Waals surface area contributed by atoms with E-state index in [1.807, 2.05) is 0 Å². The molecule has 0 saturated heterocycles. The van der Waals surface area contributed by atoms with E-state index in [4.69, 9.17) is 0 Å². The van der Waals surface area contributed by atoms with Gasteiger partial charge in [-0.05, 0) is 75.4 Å². The van der Waals surface area contributed by atoms with E-state index in [2.05, 4.69) is 175 Å². The smallest absolute Gasteiger partial charge is 0.0609 e. The Labute approximate surface area is 262 Å². The van der Waals surface area contributed by atoms with E-state index in [0.717, 1.165) is 17.8 Å². The zero-order chi connectivity index (χ0) is 30.0. The topological polar surface area (TPSA) is 16.4 Å². The van der Waals surface area contributed by atoms with Gasteiger partial charge in [0.1, 0.15) is 0 Å². The van der Waals surface area contributed by atoms with Crippen molar-refractivity contribution in [2.45, 2.75) is 18.8 Å². The van der Waals surface area contributed by atoms with Gasteiger partial charge in [-0.1, -0.05) is 128 Å². The molecule has 1 N–H and O–H groups in total. The molecule has 2 nitrogen and oxygen atoms in total. The average Bonchev–Trinajstić information content (AvgIpc) is 3.67. The summed E-state index contributed by atoms with van der Waals surface area (Å²) in [6, 6.07) is 48.4. The lowest BCUT2D eigenvalue weighted by Gasteiger charge is -2.31. The Morgan fingerprint density at radius 1 is 0.644 bits per heavy atom. The Bertz CT molecular complexity index is 2430. The Morgan fingerprint density at radius 2 is 1.42 bits per heavy atom. The van der Waals surface area contributed by atoms with Gasteiger partial charge in [-0.15, -0.1) is 0 Å². The highest BCUT2D eigenvalue weighted by molar-refractivity contribution is 6.24. The van der Waals surface area contributed by atoms with E-state index in [1.54, 1.807) is 0 Å². The predicted octanol–water partition coefficient (Wildman–Crippen LogP) is 11.5. The molecule has 6 aromatic carbocycles. The molecule has 0 saturated carbocycles. The molecule has 1 atom stereocenters. The van der Waals surface area contributed by atoms with Crippen LogP contribution in [0.1, 0.15) is 24.5 Å². The number of nitrogens with one attached hydrogen (secondary N) is 1.